The predicted octanol–water partition coefficient (Wildman–Crippen LogP) is 1.54. The summed E-state index contributed by atoms with van der Waals surface area (Å²) in [5, 5.41) is 7.01. The van der Waals surface area contributed by atoms with Gasteiger partial charge in [-0.3, -0.25) is 0 Å². The standard InChI is InChI=1S/C15H24N2O/c1-15(2,13-6-4-3-5-7-13)12-16-10-14-11-18-9-8-17-14/h3-7,14,16-17H,8-12H2,1-2H3. The molecule has 0 radical (unpaired) electrons. The molecule has 2 rings (SSSR count). The highest BCUT2D eigenvalue weighted by molar-refractivity contribution is 5.23. The van der Waals surface area contributed by atoms with Crippen molar-refractivity contribution in [3.8, 4) is 0 Å². The number of rotatable bonds is 5. The molecule has 3 heteroatoms. The predicted molar refractivity (Wildman–Crippen MR) is 74.9 cm³/mol. The van der Waals surface area contributed by atoms with Crippen LogP contribution in [-0.2, 0) is 10.2 Å². The van der Waals surface area contributed by atoms with Crippen LogP contribution in [0.2, 0.25) is 0 Å². The highest BCUT2D eigenvalue weighted by atomic mass is 16.5. The fourth-order valence-electron chi connectivity index (χ4n) is 2.30. The zero-order valence-electron chi connectivity index (χ0n) is 11.4. The summed E-state index contributed by atoms with van der Waals surface area (Å²) in [6.45, 7) is 9.13. The first-order chi connectivity index (χ1) is 8.68. The molecule has 0 aromatic heterocycles. The molecule has 1 aliphatic rings. The molecule has 1 fully saturated rings. The number of morpholine rings is 1. The molecule has 100 valence electrons. The molecular weight excluding hydrogens is 224 g/mol. The van der Waals surface area contributed by atoms with Crippen molar-refractivity contribution in [2.75, 3.05) is 32.8 Å². The van der Waals surface area contributed by atoms with Crippen molar-refractivity contribution < 1.29 is 4.74 Å². The summed E-state index contributed by atoms with van der Waals surface area (Å²) in [4.78, 5) is 0. The molecule has 0 bridgehead atoms. The van der Waals surface area contributed by atoms with Crippen molar-refractivity contribution in [2.24, 2.45) is 0 Å². The molecule has 2 N–H and O–H groups in total. The Morgan fingerprint density at radius 1 is 1.33 bits per heavy atom. The monoisotopic (exact) mass is 248 g/mol. The zero-order chi connectivity index (χ0) is 12.8. The van der Waals surface area contributed by atoms with Gasteiger partial charge in [0.25, 0.3) is 0 Å². The smallest absolute Gasteiger partial charge is 0.0632 e. The molecule has 0 spiro atoms. The van der Waals surface area contributed by atoms with E-state index in [4.69, 9.17) is 4.74 Å². The van der Waals surface area contributed by atoms with Crippen LogP contribution in [0.5, 0.6) is 0 Å². The normalized spacial score (nSPS) is 20.9. The molecule has 1 saturated heterocycles. The van der Waals surface area contributed by atoms with E-state index in [-0.39, 0.29) is 5.41 Å². The van der Waals surface area contributed by atoms with E-state index in [0.717, 1.165) is 32.8 Å². The Kier molecular flexibility index (Phi) is 4.75. The maximum atomic E-state index is 5.45. The van der Waals surface area contributed by atoms with Gasteiger partial charge in [0.05, 0.1) is 13.2 Å². The van der Waals surface area contributed by atoms with Crippen LogP contribution in [0, 0.1) is 0 Å². The van der Waals surface area contributed by atoms with Crippen LogP contribution in [0.4, 0.5) is 0 Å². The van der Waals surface area contributed by atoms with Crippen molar-refractivity contribution in [3.05, 3.63) is 35.9 Å². The molecular formula is C15H24N2O. The molecule has 0 aliphatic carbocycles. The van der Waals surface area contributed by atoms with Crippen LogP contribution in [0.1, 0.15) is 19.4 Å². The summed E-state index contributed by atoms with van der Waals surface area (Å²) < 4.78 is 5.45. The number of nitrogens with one attached hydrogen (secondary N) is 2. The van der Waals surface area contributed by atoms with Crippen LogP contribution in [0.3, 0.4) is 0 Å². The lowest BCUT2D eigenvalue weighted by Gasteiger charge is -2.29. The van der Waals surface area contributed by atoms with E-state index in [1.807, 2.05) is 0 Å². The molecule has 1 aromatic carbocycles. The highest BCUT2D eigenvalue weighted by Crippen LogP contribution is 2.21. The van der Waals surface area contributed by atoms with Gasteiger partial charge in [0.15, 0.2) is 0 Å². The van der Waals surface area contributed by atoms with Crippen molar-refractivity contribution in [1.29, 1.82) is 0 Å². The Morgan fingerprint density at radius 3 is 2.78 bits per heavy atom. The first-order valence-corrected chi connectivity index (χ1v) is 6.76. The van der Waals surface area contributed by atoms with Gasteiger partial charge in [-0.05, 0) is 5.56 Å². The molecule has 1 aliphatic heterocycles. The minimum absolute atomic E-state index is 0.163. The minimum atomic E-state index is 0.163. The maximum Gasteiger partial charge on any atom is 0.0632 e. The third-order valence-corrected chi connectivity index (χ3v) is 3.51. The summed E-state index contributed by atoms with van der Waals surface area (Å²) in [5.41, 5.74) is 1.54. The van der Waals surface area contributed by atoms with Gasteiger partial charge >= 0.3 is 0 Å². The number of hydrogen-bond acceptors (Lipinski definition) is 3. The van der Waals surface area contributed by atoms with E-state index in [0.29, 0.717) is 6.04 Å². The lowest BCUT2D eigenvalue weighted by atomic mass is 9.84. The van der Waals surface area contributed by atoms with Gasteiger partial charge in [0, 0.05) is 31.1 Å². The van der Waals surface area contributed by atoms with Gasteiger partial charge in [-0.2, -0.15) is 0 Å². The first-order valence-electron chi connectivity index (χ1n) is 6.76. The Bertz CT molecular complexity index is 345. The van der Waals surface area contributed by atoms with Gasteiger partial charge in [0.2, 0.25) is 0 Å². The molecule has 1 atom stereocenters. The van der Waals surface area contributed by atoms with Gasteiger partial charge in [0.1, 0.15) is 0 Å². The average Bonchev–Trinajstić information content (AvgIpc) is 2.41. The molecule has 0 amide bonds. The fraction of sp³-hybridized carbons (Fsp3) is 0.600. The molecule has 18 heavy (non-hydrogen) atoms. The van der Waals surface area contributed by atoms with Gasteiger partial charge in [-0.25, -0.2) is 0 Å². The zero-order valence-corrected chi connectivity index (χ0v) is 11.4. The maximum absolute atomic E-state index is 5.45. The quantitative estimate of drug-likeness (QED) is 0.829. The van der Waals surface area contributed by atoms with Crippen molar-refractivity contribution in [1.82, 2.24) is 10.6 Å². The topological polar surface area (TPSA) is 33.3 Å². The molecule has 0 saturated carbocycles. The Labute approximate surface area is 110 Å². The van der Waals surface area contributed by atoms with Crippen LogP contribution in [0.15, 0.2) is 30.3 Å². The van der Waals surface area contributed by atoms with Gasteiger partial charge < -0.3 is 15.4 Å². The summed E-state index contributed by atoms with van der Waals surface area (Å²) in [7, 11) is 0. The number of hydrogen-bond donors (Lipinski definition) is 2. The molecule has 3 nitrogen and oxygen atoms in total. The molecule has 1 heterocycles. The summed E-state index contributed by atoms with van der Waals surface area (Å²) in [6, 6.07) is 11.1. The minimum Gasteiger partial charge on any atom is -0.378 e. The van der Waals surface area contributed by atoms with Crippen LogP contribution in [-0.4, -0.2) is 38.9 Å². The summed E-state index contributed by atoms with van der Waals surface area (Å²) >= 11 is 0. The third-order valence-electron chi connectivity index (χ3n) is 3.51. The van der Waals surface area contributed by atoms with Crippen molar-refractivity contribution in [3.63, 3.8) is 0 Å². The summed E-state index contributed by atoms with van der Waals surface area (Å²) in [5.74, 6) is 0. The van der Waals surface area contributed by atoms with E-state index in [1.165, 1.54) is 5.56 Å². The summed E-state index contributed by atoms with van der Waals surface area (Å²) in [6.07, 6.45) is 0. The van der Waals surface area contributed by atoms with Crippen molar-refractivity contribution >= 4 is 0 Å². The van der Waals surface area contributed by atoms with E-state index >= 15 is 0 Å². The van der Waals surface area contributed by atoms with E-state index in [2.05, 4.69) is 54.8 Å². The average molecular weight is 248 g/mol. The number of ether oxygens (including phenoxy) is 1. The van der Waals surface area contributed by atoms with E-state index in [1.54, 1.807) is 0 Å². The second-order valence-electron chi connectivity index (χ2n) is 5.61. The van der Waals surface area contributed by atoms with Crippen LogP contribution >= 0.6 is 0 Å². The number of benzene rings is 1. The second kappa shape index (κ2) is 6.32. The molecule has 1 unspecified atom stereocenters. The van der Waals surface area contributed by atoms with Gasteiger partial charge in [-0.1, -0.05) is 44.2 Å². The SMILES string of the molecule is CC(C)(CNCC1COCCN1)c1ccccc1. The van der Waals surface area contributed by atoms with Crippen LogP contribution < -0.4 is 10.6 Å². The third kappa shape index (κ3) is 3.80. The lowest BCUT2D eigenvalue weighted by Crippen LogP contribution is -2.48. The van der Waals surface area contributed by atoms with Crippen molar-refractivity contribution in [2.45, 2.75) is 25.3 Å². The Morgan fingerprint density at radius 2 is 2.11 bits per heavy atom. The van der Waals surface area contributed by atoms with Gasteiger partial charge in [-0.15, -0.1) is 0 Å². The largest absolute Gasteiger partial charge is 0.378 e. The van der Waals surface area contributed by atoms with E-state index < -0.39 is 0 Å². The second-order valence-corrected chi connectivity index (χ2v) is 5.61. The Hall–Kier alpha value is -0.900. The fourth-order valence-corrected chi connectivity index (χ4v) is 2.30. The van der Waals surface area contributed by atoms with Crippen LogP contribution in [0.25, 0.3) is 0 Å². The molecule has 1 aromatic rings. The first kappa shape index (κ1) is 13.5. The highest BCUT2D eigenvalue weighted by Gasteiger charge is 2.20. The Balaban J connectivity index is 1.78. The lowest BCUT2D eigenvalue weighted by molar-refractivity contribution is 0.0764. The van der Waals surface area contributed by atoms with E-state index in [9.17, 15) is 0 Å².